The zero-order valence-corrected chi connectivity index (χ0v) is 13.1. The quantitative estimate of drug-likeness (QED) is 0.777. The summed E-state index contributed by atoms with van der Waals surface area (Å²) in [5, 5.41) is 12.8. The summed E-state index contributed by atoms with van der Waals surface area (Å²) in [5.41, 5.74) is 2.20. The third-order valence-electron chi connectivity index (χ3n) is 4.06. The molecular formula is C18H22N2O3. The number of pyridine rings is 1. The molecule has 122 valence electrons. The van der Waals surface area contributed by atoms with Gasteiger partial charge < -0.3 is 19.9 Å². The van der Waals surface area contributed by atoms with Gasteiger partial charge in [-0.25, -0.2) is 0 Å². The highest BCUT2D eigenvalue weighted by molar-refractivity contribution is 5.27. The third-order valence-corrected chi connectivity index (χ3v) is 4.06. The summed E-state index contributed by atoms with van der Waals surface area (Å²) in [6, 6.07) is 12.0. The predicted molar refractivity (Wildman–Crippen MR) is 87.1 cm³/mol. The summed E-state index contributed by atoms with van der Waals surface area (Å²) >= 11 is 0. The molecule has 2 N–H and O–H groups in total. The molecule has 0 aliphatic carbocycles. The number of rotatable bonds is 8. The second-order valence-corrected chi connectivity index (χ2v) is 6.04. The van der Waals surface area contributed by atoms with Gasteiger partial charge >= 0.3 is 0 Å². The normalized spacial score (nSPS) is 15.9. The van der Waals surface area contributed by atoms with Gasteiger partial charge in [0.25, 0.3) is 0 Å². The molecule has 1 aliphatic rings. The predicted octanol–water partition coefficient (Wildman–Crippen LogP) is 1.76. The number of nitrogens with zero attached hydrogens (tertiary/aromatic N) is 1. The smallest absolute Gasteiger partial charge is 0.119 e. The zero-order chi connectivity index (χ0) is 16.0. The van der Waals surface area contributed by atoms with E-state index >= 15 is 0 Å². The van der Waals surface area contributed by atoms with Crippen LogP contribution in [0, 0.1) is 5.41 Å². The molecule has 3 rings (SSSR count). The Morgan fingerprint density at radius 2 is 1.83 bits per heavy atom. The second kappa shape index (κ2) is 7.55. The first kappa shape index (κ1) is 15.9. The highest BCUT2D eigenvalue weighted by atomic mass is 16.5. The van der Waals surface area contributed by atoms with Crippen LogP contribution < -0.4 is 10.1 Å². The average molecular weight is 314 g/mol. The molecule has 2 heterocycles. The first-order valence-electron chi connectivity index (χ1n) is 7.80. The Balaban J connectivity index is 1.43. The SMILES string of the molecule is OCC1(CNCc2ccc(OCc3ccncc3)cc2)COC1. The lowest BCUT2D eigenvalue weighted by atomic mass is 9.87. The third kappa shape index (κ3) is 4.28. The van der Waals surface area contributed by atoms with E-state index in [1.807, 2.05) is 24.3 Å². The van der Waals surface area contributed by atoms with Crippen LogP contribution in [0.1, 0.15) is 11.1 Å². The van der Waals surface area contributed by atoms with Crippen molar-refractivity contribution in [1.29, 1.82) is 0 Å². The summed E-state index contributed by atoms with van der Waals surface area (Å²) < 4.78 is 10.9. The number of aliphatic hydroxyl groups is 1. The summed E-state index contributed by atoms with van der Waals surface area (Å²) in [6.07, 6.45) is 3.53. The molecule has 1 fully saturated rings. The van der Waals surface area contributed by atoms with Gasteiger partial charge in [0.15, 0.2) is 0 Å². The van der Waals surface area contributed by atoms with Crippen LogP contribution in [0.3, 0.4) is 0 Å². The van der Waals surface area contributed by atoms with Crippen molar-refractivity contribution in [2.45, 2.75) is 13.2 Å². The highest BCUT2D eigenvalue weighted by Crippen LogP contribution is 2.25. The maximum Gasteiger partial charge on any atom is 0.119 e. The Hall–Kier alpha value is -1.95. The zero-order valence-electron chi connectivity index (χ0n) is 13.1. The topological polar surface area (TPSA) is 63.6 Å². The minimum Gasteiger partial charge on any atom is -0.489 e. The Kier molecular flexibility index (Phi) is 5.23. The fourth-order valence-electron chi connectivity index (χ4n) is 2.46. The monoisotopic (exact) mass is 314 g/mol. The molecule has 0 radical (unpaired) electrons. The number of aromatic nitrogens is 1. The van der Waals surface area contributed by atoms with Crippen LogP contribution in [0.5, 0.6) is 5.75 Å². The lowest BCUT2D eigenvalue weighted by Crippen LogP contribution is -2.52. The molecule has 1 aromatic carbocycles. The first-order chi connectivity index (χ1) is 11.3. The minimum absolute atomic E-state index is 0.0897. The van der Waals surface area contributed by atoms with Crippen molar-refractivity contribution in [3.05, 3.63) is 59.9 Å². The summed E-state index contributed by atoms with van der Waals surface area (Å²) in [5.74, 6) is 0.852. The van der Waals surface area contributed by atoms with Crippen molar-refractivity contribution in [2.75, 3.05) is 26.4 Å². The molecule has 0 atom stereocenters. The van der Waals surface area contributed by atoms with Crippen LogP contribution in [0.4, 0.5) is 0 Å². The number of aliphatic hydroxyl groups excluding tert-OH is 1. The van der Waals surface area contributed by atoms with E-state index in [9.17, 15) is 5.11 Å². The Bertz CT molecular complexity index is 592. The minimum atomic E-state index is -0.0897. The van der Waals surface area contributed by atoms with Crippen molar-refractivity contribution >= 4 is 0 Å². The molecule has 2 aromatic rings. The molecule has 0 spiro atoms. The van der Waals surface area contributed by atoms with Crippen LogP contribution in [-0.4, -0.2) is 36.5 Å². The summed E-state index contributed by atoms with van der Waals surface area (Å²) in [6.45, 7) is 3.52. The summed E-state index contributed by atoms with van der Waals surface area (Å²) in [7, 11) is 0. The van der Waals surface area contributed by atoms with E-state index in [0.717, 1.165) is 24.4 Å². The largest absolute Gasteiger partial charge is 0.489 e. The standard InChI is InChI=1S/C18H22N2O3/c21-12-18(13-22-14-18)11-20-9-15-1-3-17(4-2-15)23-10-16-5-7-19-8-6-16/h1-8,20-21H,9-14H2. The van der Waals surface area contributed by atoms with Crippen molar-refractivity contribution in [3.8, 4) is 5.75 Å². The molecule has 0 unspecified atom stereocenters. The van der Waals surface area contributed by atoms with Crippen molar-refractivity contribution < 1.29 is 14.6 Å². The van der Waals surface area contributed by atoms with E-state index in [1.165, 1.54) is 5.56 Å². The van der Waals surface area contributed by atoms with Gasteiger partial charge in [0, 0.05) is 25.5 Å². The Morgan fingerprint density at radius 3 is 2.43 bits per heavy atom. The Morgan fingerprint density at radius 1 is 1.09 bits per heavy atom. The maximum atomic E-state index is 9.38. The lowest BCUT2D eigenvalue weighted by molar-refractivity contribution is -0.134. The van der Waals surface area contributed by atoms with Gasteiger partial charge in [0.2, 0.25) is 0 Å². The summed E-state index contributed by atoms with van der Waals surface area (Å²) in [4.78, 5) is 3.99. The molecule has 0 bridgehead atoms. The fraction of sp³-hybridized carbons (Fsp3) is 0.389. The van der Waals surface area contributed by atoms with E-state index in [1.54, 1.807) is 12.4 Å². The fourth-order valence-corrected chi connectivity index (χ4v) is 2.46. The molecule has 0 saturated carbocycles. The van der Waals surface area contributed by atoms with E-state index in [-0.39, 0.29) is 12.0 Å². The number of benzene rings is 1. The van der Waals surface area contributed by atoms with E-state index in [2.05, 4.69) is 22.4 Å². The molecule has 1 aliphatic heterocycles. The van der Waals surface area contributed by atoms with Gasteiger partial charge in [-0.3, -0.25) is 4.98 Å². The van der Waals surface area contributed by atoms with Gasteiger partial charge in [0.1, 0.15) is 12.4 Å². The van der Waals surface area contributed by atoms with E-state index in [4.69, 9.17) is 9.47 Å². The number of hydrogen-bond donors (Lipinski definition) is 2. The molecule has 5 nitrogen and oxygen atoms in total. The van der Waals surface area contributed by atoms with E-state index < -0.39 is 0 Å². The number of hydrogen-bond acceptors (Lipinski definition) is 5. The average Bonchev–Trinajstić information content (AvgIpc) is 2.57. The molecule has 23 heavy (non-hydrogen) atoms. The second-order valence-electron chi connectivity index (χ2n) is 6.04. The molecule has 1 aromatic heterocycles. The van der Waals surface area contributed by atoms with Crippen molar-refractivity contribution in [2.24, 2.45) is 5.41 Å². The number of ether oxygens (including phenoxy) is 2. The first-order valence-corrected chi connectivity index (χ1v) is 7.80. The van der Waals surface area contributed by atoms with Gasteiger partial charge in [-0.1, -0.05) is 12.1 Å². The van der Waals surface area contributed by atoms with Gasteiger partial charge in [-0.2, -0.15) is 0 Å². The van der Waals surface area contributed by atoms with Gasteiger partial charge in [0.05, 0.1) is 25.2 Å². The van der Waals surface area contributed by atoms with Crippen molar-refractivity contribution in [1.82, 2.24) is 10.3 Å². The molecular weight excluding hydrogens is 292 g/mol. The van der Waals surface area contributed by atoms with Crippen LogP contribution in [0.15, 0.2) is 48.8 Å². The van der Waals surface area contributed by atoms with Crippen LogP contribution >= 0.6 is 0 Å². The maximum absolute atomic E-state index is 9.38. The van der Waals surface area contributed by atoms with E-state index in [0.29, 0.717) is 19.8 Å². The Labute approximate surface area is 136 Å². The molecule has 0 amide bonds. The molecule has 1 saturated heterocycles. The van der Waals surface area contributed by atoms with Gasteiger partial charge in [-0.15, -0.1) is 0 Å². The highest BCUT2D eigenvalue weighted by Gasteiger charge is 2.37. The molecule has 5 heteroatoms. The van der Waals surface area contributed by atoms with Crippen LogP contribution in [-0.2, 0) is 17.9 Å². The van der Waals surface area contributed by atoms with Crippen LogP contribution in [0.25, 0.3) is 0 Å². The number of nitrogens with one attached hydrogen (secondary N) is 1. The van der Waals surface area contributed by atoms with Gasteiger partial charge in [-0.05, 0) is 35.4 Å². The van der Waals surface area contributed by atoms with Crippen LogP contribution in [0.2, 0.25) is 0 Å². The van der Waals surface area contributed by atoms with Crippen molar-refractivity contribution in [3.63, 3.8) is 0 Å². The lowest BCUT2D eigenvalue weighted by Gasteiger charge is -2.40.